The molecular formula is C15H18ClN3. The van der Waals surface area contributed by atoms with E-state index >= 15 is 0 Å². The average Bonchev–Trinajstić information content (AvgIpc) is 2.89. The summed E-state index contributed by atoms with van der Waals surface area (Å²) in [5, 5.41) is 0.754. The van der Waals surface area contributed by atoms with Gasteiger partial charge in [0.2, 0.25) is 0 Å². The molecule has 1 aliphatic rings. The summed E-state index contributed by atoms with van der Waals surface area (Å²) in [6, 6.07) is 8.48. The molecule has 2 N–H and O–H groups in total. The van der Waals surface area contributed by atoms with Gasteiger partial charge in [0.1, 0.15) is 0 Å². The zero-order chi connectivity index (χ0) is 13.2. The van der Waals surface area contributed by atoms with E-state index < -0.39 is 0 Å². The van der Waals surface area contributed by atoms with Gasteiger partial charge >= 0.3 is 0 Å². The minimum Gasteiger partial charge on any atom is -0.326 e. The van der Waals surface area contributed by atoms with Crippen molar-refractivity contribution >= 4 is 11.6 Å². The first-order valence-electron chi connectivity index (χ1n) is 6.79. The number of aromatic nitrogens is 2. The molecule has 19 heavy (non-hydrogen) atoms. The van der Waals surface area contributed by atoms with Crippen molar-refractivity contribution in [2.24, 2.45) is 5.73 Å². The maximum absolute atomic E-state index is 6.27. The SMILES string of the molecule is NC1CCCCC1n1cncc1-c1ccc(Cl)cc1. The smallest absolute Gasteiger partial charge is 0.0954 e. The highest BCUT2D eigenvalue weighted by Gasteiger charge is 2.25. The highest BCUT2D eigenvalue weighted by atomic mass is 35.5. The molecule has 3 nitrogen and oxygen atoms in total. The first-order valence-corrected chi connectivity index (χ1v) is 7.17. The molecule has 1 aliphatic carbocycles. The van der Waals surface area contributed by atoms with Gasteiger partial charge in [0.05, 0.1) is 24.3 Å². The molecule has 2 unspecified atom stereocenters. The van der Waals surface area contributed by atoms with E-state index in [1.165, 1.54) is 12.8 Å². The maximum atomic E-state index is 6.27. The first kappa shape index (κ1) is 12.7. The summed E-state index contributed by atoms with van der Waals surface area (Å²) >= 11 is 5.94. The summed E-state index contributed by atoms with van der Waals surface area (Å²) in [4.78, 5) is 4.30. The van der Waals surface area contributed by atoms with Crippen LogP contribution in [-0.4, -0.2) is 15.6 Å². The molecule has 1 aromatic heterocycles. The van der Waals surface area contributed by atoms with E-state index in [1.54, 1.807) is 0 Å². The highest BCUT2D eigenvalue weighted by Crippen LogP contribution is 2.32. The molecule has 3 rings (SSSR count). The molecule has 2 atom stereocenters. The fourth-order valence-electron chi connectivity index (χ4n) is 2.90. The van der Waals surface area contributed by atoms with Crippen molar-refractivity contribution in [2.75, 3.05) is 0 Å². The number of nitrogens with zero attached hydrogens (tertiary/aromatic N) is 2. The fourth-order valence-corrected chi connectivity index (χ4v) is 3.02. The third-order valence-corrected chi connectivity index (χ3v) is 4.20. The number of nitrogens with two attached hydrogens (primary N) is 1. The Balaban J connectivity index is 1.95. The van der Waals surface area contributed by atoms with Crippen molar-refractivity contribution in [2.45, 2.75) is 37.8 Å². The highest BCUT2D eigenvalue weighted by molar-refractivity contribution is 6.30. The number of rotatable bonds is 2. The Labute approximate surface area is 118 Å². The number of hydrogen-bond donors (Lipinski definition) is 1. The molecule has 1 saturated carbocycles. The third-order valence-electron chi connectivity index (χ3n) is 3.94. The molecule has 0 aliphatic heterocycles. The molecule has 4 heteroatoms. The number of halogens is 1. The maximum Gasteiger partial charge on any atom is 0.0954 e. The van der Waals surface area contributed by atoms with Crippen LogP contribution in [0.15, 0.2) is 36.8 Å². The van der Waals surface area contributed by atoms with Gasteiger partial charge in [-0.2, -0.15) is 0 Å². The van der Waals surface area contributed by atoms with Crippen molar-refractivity contribution in [3.05, 3.63) is 41.8 Å². The van der Waals surface area contributed by atoms with Crippen molar-refractivity contribution in [3.8, 4) is 11.3 Å². The van der Waals surface area contributed by atoms with E-state index in [0.29, 0.717) is 6.04 Å². The van der Waals surface area contributed by atoms with Crippen LogP contribution in [0.3, 0.4) is 0 Å². The zero-order valence-corrected chi connectivity index (χ0v) is 11.6. The van der Waals surface area contributed by atoms with Gasteiger partial charge in [0, 0.05) is 11.1 Å². The molecule has 0 spiro atoms. The Morgan fingerprint density at radius 1 is 1.16 bits per heavy atom. The van der Waals surface area contributed by atoms with Crippen LogP contribution >= 0.6 is 11.6 Å². The van der Waals surface area contributed by atoms with Crippen LogP contribution in [0.25, 0.3) is 11.3 Å². The van der Waals surface area contributed by atoms with Gasteiger partial charge in [-0.05, 0) is 30.5 Å². The monoisotopic (exact) mass is 275 g/mol. The average molecular weight is 276 g/mol. The predicted octanol–water partition coefficient (Wildman–Crippen LogP) is 3.65. The molecule has 1 aromatic carbocycles. The van der Waals surface area contributed by atoms with Crippen LogP contribution in [-0.2, 0) is 0 Å². The van der Waals surface area contributed by atoms with Crippen molar-refractivity contribution in [3.63, 3.8) is 0 Å². The van der Waals surface area contributed by atoms with Gasteiger partial charge in [-0.15, -0.1) is 0 Å². The molecule has 0 bridgehead atoms. The zero-order valence-electron chi connectivity index (χ0n) is 10.8. The third kappa shape index (κ3) is 2.53. The first-order chi connectivity index (χ1) is 9.25. The molecule has 100 valence electrons. The van der Waals surface area contributed by atoms with Crippen molar-refractivity contribution in [1.82, 2.24) is 9.55 Å². The molecule has 2 aromatic rings. The quantitative estimate of drug-likeness (QED) is 0.909. The standard InChI is InChI=1S/C15H18ClN3/c16-12-7-5-11(6-8-12)15-9-18-10-19(15)14-4-2-1-3-13(14)17/h5-10,13-14H,1-4,17H2. The lowest BCUT2D eigenvalue weighted by Crippen LogP contribution is -2.35. The van der Waals surface area contributed by atoms with Crippen molar-refractivity contribution < 1.29 is 0 Å². The van der Waals surface area contributed by atoms with E-state index in [2.05, 4.69) is 9.55 Å². The predicted molar refractivity (Wildman–Crippen MR) is 78.2 cm³/mol. The van der Waals surface area contributed by atoms with E-state index in [-0.39, 0.29) is 6.04 Å². The lowest BCUT2D eigenvalue weighted by Gasteiger charge is -2.30. The molecule has 1 fully saturated rings. The number of imidazole rings is 1. The lowest BCUT2D eigenvalue weighted by atomic mass is 9.90. The lowest BCUT2D eigenvalue weighted by molar-refractivity contribution is 0.308. The Kier molecular flexibility index (Phi) is 3.58. The fraction of sp³-hybridized carbons (Fsp3) is 0.400. The minimum absolute atomic E-state index is 0.231. The van der Waals surface area contributed by atoms with Crippen LogP contribution in [0.2, 0.25) is 5.02 Å². The van der Waals surface area contributed by atoms with Crippen LogP contribution < -0.4 is 5.73 Å². The van der Waals surface area contributed by atoms with Crippen molar-refractivity contribution in [1.29, 1.82) is 0 Å². The Bertz CT molecular complexity index is 547. The number of benzene rings is 1. The molecular weight excluding hydrogens is 258 g/mol. The van der Waals surface area contributed by atoms with E-state index in [4.69, 9.17) is 17.3 Å². The second-order valence-electron chi connectivity index (χ2n) is 5.21. The summed E-state index contributed by atoms with van der Waals surface area (Å²) in [5.41, 5.74) is 8.53. The van der Waals surface area contributed by atoms with Gasteiger partial charge in [-0.25, -0.2) is 4.98 Å². The van der Waals surface area contributed by atoms with Gasteiger partial charge in [-0.3, -0.25) is 0 Å². The molecule has 1 heterocycles. The van der Waals surface area contributed by atoms with Gasteiger partial charge in [0.15, 0.2) is 0 Å². The van der Waals surface area contributed by atoms with E-state index in [1.807, 2.05) is 36.8 Å². The van der Waals surface area contributed by atoms with Gasteiger partial charge in [-0.1, -0.05) is 36.6 Å². The summed E-state index contributed by atoms with van der Waals surface area (Å²) in [5.74, 6) is 0. The van der Waals surface area contributed by atoms with Crippen LogP contribution in [0.5, 0.6) is 0 Å². The second-order valence-corrected chi connectivity index (χ2v) is 5.65. The molecule has 0 amide bonds. The second kappa shape index (κ2) is 5.35. The Morgan fingerprint density at radius 2 is 1.89 bits per heavy atom. The summed E-state index contributed by atoms with van der Waals surface area (Å²) in [7, 11) is 0. The largest absolute Gasteiger partial charge is 0.326 e. The summed E-state index contributed by atoms with van der Waals surface area (Å²) in [6.45, 7) is 0. The number of hydrogen-bond acceptors (Lipinski definition) is 2. The van der Waals surface area contributed by atoms with E-state index in [0.717, 1.165) is 29.1 Å². The van der Waals surface area contributed by atoms with Crippen LogP contribution in [0.1, 0.15) is 31.7 Å². The van der Waals surface area contributed by atoms with E-state index in [9.17, 15) is 0 Å². The summed E-state index contributed by atoms with van der Waals surface area (Å²) in [6.07, 6.45) is 8.53. The van der Waals surface area contributed by atoms with Gasteiger partial charge < -0.3 is 10.3 Å². The Hall–Kier alpha value is -1.32. The summed E-state index contributed by atoms with van der Waals surface area (Å²) < 4.78 is 2.23. The Morgan fingerprint density at radius 3 is 2.63 bits per heavy atom. The topological polar surface area (TPSA) is 43.8 Å². The van der Waals surface area contributed by atoms with Crippen LogP contribution in [0.4, 0.5) is 0 Å². The molecule has 0 saturated heterocycles. The molecule has 0 radical (unpaired) electrons. The van der Waals surface area contributed by atoms with Crippen LogP contribution in [0, 0.1) is 0 Å². The van der Waals surface area contributed by atoms with Gasteiger partial charge in [0.25, 0.3) is 0 Å². The normalized spacial score (nSPS) is 23.5. The minimum atomic E-state index is 0.231.